The van der Waals surface area contributed by atoms with E-state index in [2.05, 4.69) is 31.5 Å². The van der Waals surface area contributed by atoms with Gasteiger partial charge in [-0.25, -0.2) is 13.4 Å². The van der Waals surface area contributed by atoms with Crippen LogP contribution in [0, 0.1) is 0 Å². The fourth-order valence-electron chi connectivity index (χ4n) is 2.42. The Morgan fingerprint density at radius 2 is 1.89 bits per heavy atom. The molecule has 0 bridgehead atoms. The molecule has 2 N–H and O–H groups in total. The molecule has 1 aromatic carbocycles. The summed E-state index contributed by atoms with van der Waals surface area (Å²) in [5.41, 5.74) is 0.665. The van der Waals surface area contributed by atoms with E-state index in [1.807, 2.05) is 6.92 Å². The number of halogens is 1. The van der Waals surface area contributed by atoms with Crippen molar-refractivity contribution >= 4 is 49.1 Å². The molecular formula is C19H22BrN3O4S. The van der Waals surface area contributed by atoms with Crippen LogP contribution in [0.15, 0.2) is 47.1 Å². The van der Waals surface area contributed by atoms with Gasteiger partial charge in [0.1, 0.15) is 11.6 Å². The van der Waals surface area contributed by atoms with Crippen molar-refractivity contribution in [2.75, 3.05) is 22.1 Å². The van der Waals surface area contributed by atoms with Crippen LogP contribution in [0.5, 0.6) is 0 Å². The summed E-state index contributed by atoms with van der Waals surface area (Å²) in [6, 6.07) is 9.67. The summed E-state index contributed by atoms with van der Waals surface area (Å²) in [6.45, 7) is 1.98. The summed E-state index contributed by atoms with van der Waals surface area (Å²) in [7, 11) is -3.45. The molecule has 150 valence electrons. The van der Waals surface area contributed by atoms with E-state index >= 15 is 0 Å². The van der Waals surface area contributed by atoms with Crippen LogP contribution in [0.4, 0.5) is 11.5 Å². The van der Waals surface area contributed by atoms with Crippen molar-refractivity contribution < 1.29 is 18.0 Å². The third-order valence-corrected chi connectivity index (χ3v) is 5.87. The first-order valence-electron chi connectivity index (χ1n) is 8.82. The molecule has 9 heteroatoms. The Bertz CT molecular complexity index is 930. The molecular weight excluding hydrogens is 446 g/mol. The van der Waals surface area contributed by atoms with E-state index < -0.39 is 27.4 Å². The molecule has 0 atom stereocenters. The highest BCUT2D eigenvalue weighted by atomic mass is 79.9. The lowest BCUT2D eigenvalue weighted by Gasteiger charge is -2.09. The van der Waals surface area contributed by atoms with Crippen molar-refractivity contribution in [3.8, 4) is 0 Å². The number of nitrogens with one attached hydrogen (secondary N) is 2. The summed E-state index contributed by atoms with van der Waals surface area (Å²) in [6.07, 6.45) is 3.83. The van der Waals surface area contributed by atoms with Crippen LogP contribution in [0.3, 0.4) is 0 Å². The number of pyridine rings is 1. The number of benzene rings is 1. The van der Waals surface area contributed by atoms with Crippen LogP contribution in [-0.4, -0.2) is 36.7 Å². The maximum absolute atomic E-state index is 12.3. The van der Waals surface area contributed by atoms with Gasteiger partial charge in [0.15, 0.2) is 9.84 Å². The molecule has 0 aliphatic heterocycles. The molecule has 0 spiro atoms. The van der Waals surface area contributed by atoms with E-state index in [1.54, 1.807) is 36.5 Å². The van der Waals surface area contributed by atoms with Gasteiger partial charge in [-0.3, -0.25) is 9.59 Å². The number of rotatable bonds is 9. The van der Waals surface area contributed by atoms with Crippen LogP contribution in [0.25, 0.3) is 0 Å². The van der Waals surface area contributed by atoms with Gasteiger partial charge in [-0.05, 0) is 52.7 Å². The van der Waals surface area contributed by atoms with Crippen molar-refractivity contribution in [1.29, 1.82) is 0 Å². The fourth-order valence-corrected chi connectivity index (χ4v) is 3.91. The average Bonchev–Trinajstić information content (AvgIpc) is 2.63. The number of sulfone groups is 1. The van der Waals surface area contributed by atoms with Gasteiger partial charge in [0.05, 0.1) is 5.75 Å². The first-order chi connectivity index (χ1) is 13.3. The SMILES string of the molecule is CCCCCS(=O)(=O)CC(=O)Nc1cccc(C(=O)Nc2ccc(Br)cn2)c1. The zero-order valence-corrected chi connectivity index (χ0v) is 17.8. The zero-order chi connectivity index (χ0) is 20.6. The first-order valence-corrected chi connectivity index (χ1v) is 11.4. The van der Waals surface area contributed by atoms with Crippen molar-refractivity contribution in [3.05, 3.63) is 52.6 Å². The molecule has 2 amide bonds. The standard InChI is InChI=1S/C19H22BrN3O4S/c1-2-3-4-10-28(26,27)13-18(24)22-16-7-5-6-14(11-16)19(25)23-17-9-8-15(20)12-21-17/h5-9,11-12H,2-4,10,13H2,1H3,(H,22,24)(H,21,23,25). The van der Waals surface area contributed by atoms with E-state index in [-0.39, 0.29) is 5.75 Å². The second-order valence-electron chi connectivity index (χ2n) is 6.24. The average molecular weight is 468 g/mol. The van der Waals surface area contributed by atoms with Crippen molar-refractivity contribution in [1.82, 2.24) is 4.98 Å². The van der Waals surface area contributed by atoms with Gasteiger partial charge in [0.25, 0.3) is 5.91 Å². The Balaban J connectivity index is 1.97. The molecule has 1 heterocycles. The Hall–Kier alpha value is -2.26. The van der Waals surface area contributed by atoms with E-state index in [9.17, 15) is 18.0 Å². The predicted octanol–water partition coefficient (Wildman–Crippen LogP) is 3.64. The number of hydrogen-bond acceptors (Lipinski definition) is 5. The molecule has 28 heavy (non-hydrogen) atoms. The highest BCUT2D eigenvalue weighted by Crippen LogP contribution is 2.15. The number of hydrogen-bond donors (Lipinski definition) is 2. The van der Waals surface area contributed by atoms with Gasteiger partial charge in [-0.15, -0.1) is 0 Å². The number of carbonyl (C=O) groups is 2. The molecule has 2 aromatic rings. The predicted molar refractivity (Wildman–Crippen MR) is 113 cm³/mol. The lowest BCUT2D eigenvalue weighted by Crippen LogP contribution is -2.25. The van der Waals surface area contributed by atoms with Crippen molar-refractivity contribution in [2.45, 2.75) is 26.2 Å². The minimum absolute atomic E-state index is 0.00308. The zero-order valence-electron chi connectivity index (χ0n) is 15.4. The molecule has 0 saturated carbocycles. The Labute approximate surface area is 173 Å². The summed E-state index contributed by atoms with van der Waals surface area (Å²) in [5, 5.41) is 5.19. The monoisotopic (exact) mass is 467 g/mol. The molecule has 0 fully saturated rings. The third kappa shape index (κ3) is 7.40. The summed E-state index contributed by atoms with van der Waals surface area (Å²) in [4.78, 5) is 28.5. The number of unbranched alkanes of at least 4 members (excludes halogenated alkanes) is 2. The molecule has 7 nitrogen and oxygen atoms in total. The Morgan fingerprint density at radius 1 is 1.11 bits per heavy atom. The lowest BCUT2D eigenvalue weighted by atomic mass is 10.2. The van der Waals surface area contributed by atoms with E-state index in [4.69, 9.17) is 0 Å². The summed E-state index contributed by atoms with van der Waals surface area (Å²) in [5.74, 6) is -1.20. The second kappa shape index (κ2) is 10.3. The molecule has 0 saturated heterocycles. The second-order valence-corrected chi connectivity index (χ2v) is 9.34. The van der Waals surface area contributed by atoms with Gasteiger partial charge in [-0.1, -0.05) is 25.8 Å². The largest absolute Gasteiger partial charge is 0.325 e. The quantitative estimate of drug-likeness (QED) is 0.547. The van der Waals surface area contributed by atoms with E-state index in [0.717, 1.165) is 17.3 Å². The highest BCUT2D eigenvalue weighted by Gasteiger charge is 2.17. The van der Waals surface area contributed by atoms with Crippen molar-refractivity contribution in [3.63, 3.8) is 0 Å². The third-order valence-electron chi connectivity index (χ3n) is 3.79. The molecule has 0 aliphatic rings. The van der Waals surface area contributed by atoms with E-state index in [0.29, 0.717) is 23.5 Å². The fraction of sp³-hybridized carbons (Fsp3) is 0.316. The first kappa shape index (κ1) is 22.0. The normalized spacial score (nSPS) is 11.1. The summed E-state index contributed by atoms with van der Waals surface area (Å²) >= 11 is 3.27. The van der Waals surface area contributed by atoms with Gasteiger partial charge < -0.3 is 10.6 Å². The minimum Gasteiger partial charge on any atom is -0.325 e. The van der Waals surface area contributed by atoms with Gasteiger partial charge >= 0.3 is 0 Å². The Kier molecular flexibility index (Phi) is 8.13. The van der Waals surface area contributed by atoms with Crippen LogP contribution in [0.2, 0.25) is 0 Å². The van der Waals surface area contributed by atoms with Crippen LogP contribution in [-0.2, 0) is 14.6 Å². The van der Waals surface area contributed by atoms with Gasteiger partial charge in [0, 0.05) is 21.9 Å². The van der Waals surface area contributed by atoms with Gasteiger partial charge in [-0.2, -0.15) is 0 Å². The molecule has 0 radical (unpaired) electrons. The number of aromatic nitrogens is 1. The smallest absolute Gasteiger partial charge is 0.256 e. The van der Waals surface area contributed by atoms with Gasteiger partial charge in [0.2, 0.25) is 5.91 Å². The van der Waals surface area contributed by atoms with Crippen LogP contribution >= 0.6 is 15.9 Å². The van der Waals surface area contributed by atoms with Crippen LogP contribution in [0.1, 0.15) is 36.5 Å². The number of carbonyl (C=O) groups excluding carboxylic acids is 2. The maximum atomic E-state index is 12.3. The molecule has 0 aliphatic carbocycles. The molecule has 0 unspecified atom stereocenters. The number of amides is 2. The lowest BCUT2D eigenvalue weighted by molar-refractivity contribution is -0.113. The topological polar surface area (TPSA) is 105 Å². The minimum atomic E-state index is -3.45. The molecule has 2 rings (SSSR count). The summed E-state index contributed by atoms with van der Waals surface area (Å²) < 4.78 is 24.7. The Morgan fingerprint density at radius 3 is 2.57 bits per heavy atom. The van der Waals surface area contributed by atoms with Crippen LogP contribution < -0.4 is 10.6 Å². The maximum Gasteiger partial charge on any atom is 0.256 e. The number of nitrogens with zero attached hydrogens (tertiary/aromatic N) is 1. The van der Waals surface area contributed by atoms with Crippen molar-refractivity contribution in [2.24, 2.45) is 0 Å². The van der Waals surface area contributed by atoms with E-state index in [1.165, 1.54) is 6.07 Å². The number of anilines is 2. The molecule has 1 aromatic heterocycles. The highest BCUT2D eigenvalue weighted by molar-refractivity contribution is 9.10.